The Morgan fingerprint density at radius 1 is 0.298 bits per heavy atom. The van der Waals surface area contributed by atoms with E-state index in [2.05, 4.69) is 303 Å². The van der Waals surface area contributed by atoms with Gasteiger partial charge in [-0.3, -0.25) is 0 Å². The second kappa shape index (κ2) is 22.6. The van der Waals surface area contributed by atoms with Gasteiger partial charge in [0.15, 0.2) is 0 Å². The van der Waals surface area contributed by atoms with Gasteiger partial charge in [0.05, 0.1) is 33.4 Å². The molecule has 94 heavy (non-hydrogen) atoms. The molecular weight excluding hydrogens is 1130 g/mol. The number of rotatable bonds is 9. The summed E-state index contributed by atoms with van der Waals surface area (Å²) in [6.45, 7) is 20.1. The van der Waals surface area contributed by atoms with Gasteiger partial charge >= 0.3 is 0 Å². The van der Waals surface area contributed by atoms with E-state index in [0.29, 0.717) is 5.69 Å². The van der Waals surface area contributed by atoms with E-state index in [4.69, 9.17) is 2.74 Å². The van der Waals surface area contributed by atoms with Crippen molar-refractivity contribution >= 4 is 79.0 Å². The molecule has 2 aliphatic heterocycles. The molecule has 0 saturated heterocycles. The lowest BCUT2D eigenvalue weighted by Gasteiger charge is -2.46. The minimum absolute atomic E-state index is 0.0173. The van der Waals surface area contributed by atoms with Crippen molar-refractivity contribution in [3.05, 3.63) is 314 Å². The Hall–Kier alpha value is -10.7. The molecule has 0 fully saturated rings. The lowest BCUT2D eigenvalue weighted by molar-refractivity contribution is 0.569. The molecule has 13 aromatic carbocycles. The van der Waals surface area contributed by atoms with Gasteiger partial charge in [-0.2, -0.15) is 0 Å². The molecule has 16 rings (SSSR count). The lowest BCUT2D eigenvalue weighted by atomic mass is 9.33. The normalized spacial score (nSPS) is 14.1. The summed E-state index contributed by atoms with van der Waals surface area (Å²) < 4.78 is 76.8. The highest BCUT2D eigenvalue weighted by Crippen LogP contribution is 2.55. The summed E-state index contributed by atoms with van der Waals surface area (Å²) in [5.74, 6) is 0. The van der Waals surface area contributed by atoms with E-state index in [1.807, 2.05) is 18.2 Å². The molecule has 0 N–H and O–H groups in total. The van der Waals surface area contributed by atoms with Crippen molar-refractivity contribution in [1.29, 1.82) is 0 Å². The van der Waals surface area contributed by atoms with Crippen molar-refractivity contribution in [2.45, 2.75) is 78.6 Å². The summed E-state index contributed by atoms with van der Waals surface area (Å²) in [6.07, 6.45) is 0. The van der Waals surface area contributed by atoms with Crippen LogP contribution in [0, 0.1) is 0 Å². The predicted molar refractivity (Wildman–Crippen MR) is 404 cm³/mol. The molecule has 0 atom stereocenters. The summed E-state index contributed by atoms with van der Waals surface area (Å²) >= 11 is 0. The van der Waals surface area contributed by atoms with Crippen LogP contribution in [-0.2, 0) is 16.2 Å². The molecule has 4 heteroatoms. The number of nitrogens with zero attached hydrogens (tertiary/aromatic N) is 3. The van der Waals surface area contributed by atoms with Gasteiger partial charge in [0.25, 0.3) is 6.71 Å². The molecule has 0 aliphatic carbocycles. The van der Waals surface area contributed by atoms with E-state index in [1.165, 1.54) is 11.1 Å². The summed E-state index contributed by atoms with van der Waals surface area (Å²) in [7, 11) is 0. The number of benzene rings is 13. The van der Waals surface area contributed by atoms with Crippen LogP contribution < -0.4 is 26.2 Å². The average Bonchev–Trinajstić information content (AvgIpc) is 0.838. The zero-order chi connectivity index (χ0) is 71.2. The minimum Gasteiger partial charge on any atom is -0.310 e. The van der Waals surface area contributed by atoms with Crippen molar-refractivity contribution in [3.8, 4) is 72.4 Å². The quantitative estimate of drug-likeness (QED) is 0.133. The maximum absolute atomic E-state index is 9.79. The number of hydrogen-bond acceptors (Lipinski definition) is 2. The number of hydrogen-bond donors (Lipinski definition) is 0. The Morgan fingerprint density at radius 3 is 1.19 bits per heavy atom. The van der Waals surface area contributed by atoms with E-state index in [1.54, 1.807) is 4.57 Å². The molecule has 2 aliphatic rings. The van der Waals surface area contributed by atoms with Crippen molar-refractivity contribution < 1.29 is 11.0 Å². The van der Waals surface area contributed by atoms with Crippen LogP contribution in [0.25, 0.3) is 94.3 Å². The van der Waals surface area contributed by atoms with Gasteiger partial charge in [0.2, 0.25) is 0 Å². The van der Waals surface area contributed by atoms with Gasteiger partial charge in [0.1, 0.15) is 0 Å². The zero-order valence-electron chi connectivity index (χ0n) is 62.6. The summed E-state index contributed by atoms with van der Waals surface area (Å²) in [5.41, 5.74) is 24.4. The van der Waals surface area contributed by atoms with Crippen molar-refractivity contribution in [1.82, 2.24) is 4.57 Å². The molecule has 0 unspecified atom stereocenters. The van der Waals surface area contributed by atoms with Crippen molar-refractivity contribution in [2.75, 3.05) is 9.80 Å². The topological polar surface area (TPSA) is 11.4 Å². The largest absolute Gasteiger partial charge is 0.310 e. The monoisotopic (exact) mass is 1220 g/mol. The number of aromatic nitrogens is 1. The number of fused-ring (bicyclic) bond motifs is 7. The van der Waals surface area contributed by atoms with Crippen LogP contribution in [-0.4, -0.2) is 11.3 Å². The van der Waals surface area contributed by atoms with Gasteiger partial charge in [-0.25, -0.2) is 0 Å². The van der Waals surface area contributed by atoms with Gasteiger partial charge in [-0.05, 0) is 148 Å². The first kappa shape index (κ1) is 50.0. The van der Waals surface area contributed by atoms with Crippen LogP contribution in [0.4, 0.5) is 34.1 Å². The second-order valence-corrected chi connectivity index (χ2v) is 28.3. The number of para-hydroxylation sites is 3. The third-order valence-electron chi connectivity index (χ3n) is 19.2. The number of anilines is 6. The Kier molecular flexibility index (Phi) is 12.0. The third kappa shape index (κ3) is 9.98. The molecule has 3 nitrogen and oxygen atoms in total. The fourth-order valence-electron chi connectivity index (χ4n) is 14.4. The minimum atomic E-state index is -0.494. The molecule has 1 aromatic heterocycles. The van der Waals surface area contributed by atoms with E-state index in [9.17, 15) is 8.22 Å². The molecule has 0 spiro atoms. The summed E-state index contributed by atoms with van der Waals surface area (Å²) in [4.78, 5) is 5.02. The molecule has 14 aromatic rings. The maximum atomic E-state index is 9.79. The van der Waals surface area contributed by atoms with E-state index >= 15 is 0 Å². The van der Waals surface area contributed by atoms with Crippen LogP contribution in [0.2, 0.25) is 0 Å². The zero-order valence-corrected chi connectivity index (χ0v) is 54.6. The molecule has 0 saturated carbocycles. The van der Waals surface area contributed by atoms with Gasteiger partial charge in [-0.15, -0.1) is 0 Å². The highest BCUT2D eigenvalue weighted by Gasteiger charge is 2.46. The third-order valence-corrected chi connectivity index (χ3v) is 19.2. The molecule has 3 heterocycles. The molecule has 0 bridgehead atoms. The van der Waals surface area contributed by atoms with Crippen LogP contribution >= 0.6 is 0 Å². The van der Waals surface area contributed by atoms with E-state index in [-0.39, 0.29) is 56.8 Å². The van der Waals surface area contributed by atoms with Crippen molar-refractivity contribution in [3.63, 3.8) is 0 Å². The highest BCUT2D eigenvalue weighted by molar-refractivity contribution is 7.00. The van der Waals surface area contributed by atoms with Gasteiger partial charge < -0.3 is 14.4 Å². The second-order valence-electron chi connectivity index (χ2n) is 28.3. The first-order valence-corrected chi connectivity index (χ1v) is 32.7. The average molecular weight is 1220 g/mol. The lowest BCUT2D eigenvalue weighted by Crippen LogP contribution is -2.61. The Morgan fingerprint density at radius 2 is 0.713 bits per heavy atom. The Labute approximate surface area is 566 Å². The predicted octanol–water partition coefficient (Wildman–Crippen LogP) is 22.8. The van der Waals surface area contributed by atoms with Gasteiger partial charge in [0, 0.05) is 61.5 Å². The van der Waals surface area contributed by atoms with E-state index < -0.39 is 36.3 Å². The smallest absolute Gasteiger partial charge is 0.252 e. The SMILES string of the molecule is [2H]c1c([2H])c([2H])c2c(c1[2H])c1c([2H])c([2H])c([2H])c([2H])c1n2-c1ccc2c(c1)N(c1c(-c3ccccc3)cccc1-c1ccccc1)c1cc(C(C)(C)C)cc3c1B2c1cc(-c2cc(C(C)(C)C)cc(C(C)(C)C)c2)ccc1N3c1c(-c2ccccc2)cc(-c2ccccc2)cc1-c1ccccc1. The van der Waals surface area contributed by atoms with Crippen molar-refractivity contribution in [2.24, 2.45) is 0 Å². The first-order chi connectivity index (χ1) is 48.9. The highest BCUT2D eigenvalue weighted by atomic mass is 15.2. The van der Waals surface area contributed by atoms with Crippen LogP contribution in [0.15, 0.2) is 297 Å². The fourth-order valence-corrected chi connectivity index (χ4v) is 14.4. The molecule has 0 amide bonds. The van der Waals surface area contributed by atoms with Crippen LogP contribution in [0.1, 0.15) is 90.0 Å². The molecular formula is C90H76BN3. The fraction of sp³-hybridized carbons (Fsp3) is 0.133. The van der Waals surface area contributed by atoms with Crippen LogP contribution in [0.3, 0.4) is 0 Å². The van der Waals surface area contributed by atoms with Gasteiger partial charge in [-0.1, -0.05) is 305 Å². The Balaban J connectivity index is 1.12. The molecule has 0 radical (unpaired) electrons. The maximum Gasteiger partial charge on any atom is 0.252 e. The Bertz CT molecular complexity index is 5510. The van der Waals surface area contributed by atoms with E-state index in [0.717, 1.165) is 123 Å². The first-order valence-electron chi connectivity index (χ1n) is 36.7. The molecule has 454 valence electrons. The summed E-state index contributed by atoms with van der Waals surface area (Å²) in [5, 5.41) is 0.0346. The standard InChI is InChI=1S/C90H76BN3/c1-88(2,3)67-50-65(51-68(55-67)89(4,5)6)64-46-49-81-78(54-64)91-77-48-47-70(92-79-44-27-25-40-73(79)74-41-26-28-45-80(74)92)58-82(77)94(86-71(60-32-17-11-18-33-60)42-29-43-72(86)61-34-19-12-20-35-61)84-57-69(90(7,8)9)56-83(85(84)91)93(81)87-75(62-36-21-13-22-37-62)52-66(59-30-15-10-16-31-59)53-76(87)63-38-23-14-24-39-63/h10-58H,1-9H3/i25D,26D,27D,28D,40D,41D,44D,45D. The van der Waals surface area contributed by atoms with Crippen LogP contribution in [0.5, 0.6) is 0 Å². The summed E-state index contributed by atoms with van der Waals surface area (Å²) in [6, 6.07) is 86.4.